The highest BCUT2D eigenvalue weighted by Gasteiger charge is 2.18. The predicted molar refractivity (Wildman–Crippen MR) is 102 cm³/mol. The summed E-state index contributed by atoms with van der Waals surface area (Å²) in [5, 5.41) is 47.8. The number of H-pyrrole nitrogens is 2. The van der Waals surface area contributed by atoms with Gasteiger partial charge < -0.3 is 10.2 Å². The molecule has 148 valence electrons. The number of ketones is 2. The third-order valence-electron chi connectivity index (χ3n) is 4.10. The Hall–Kier alpha value is -4.74. The third-order valence-corrected chi connectivity index (χ3v) is 4.10. The number of carbonyl (C=O) groups is 2. The largest absolute Gasteiger partial charge is 0.507 e. The minimum atomic E-state index is -0.702. The van der Waals surface area contributed by atoms with Crippen LogP contribution in [0.2, 0.25) is 0 Å². The van der Waals surface area contributed by atoms with Gasteiger partial charge in [-0.05, 0) is 33.3 Å². The molecule has 12 heteroatoms. The minimum Gasteiger partial charge on any atom is -0.507 e. The van der Waals surface area contributed by atoms with Crippen molar-refractivity contribution in [1.29, 1.82) is 0 Å². The van der Waals surface area contributed by atoms with Crippen LogP contribution in [0.15, 0.2) is 48.6 Å². The molecule has 0 aliphatic heterocycles. The number of hydrogen-bond acceptors (Lipinski definition) is 10. The molecule has 0 saturated carbocycles. The molecule has 0 aliphatic carbocycles. The van der Waals surface area contributed by atoms with Crippen molar-refractivity contribution in [3.05, 3.63) is 71.3 Å². The van der Waals surface area contributed by atoms with Crippen molar-refractivity contribution in [1.82, 2.24) is 41.2 Å². The normalized spacial score (nSPS) is 12.3. The molecule has 2 heterocycles. The van der Waals surface area contributed by atoms with Crippen LogP contribution < -0.4 is 0 Å². The summed E-state index contributed by atoms with van der Waals surface area (Å²) in [7, 11) is 0. The summed E-state index contributed by atoms with van der Waals surface area (Å²) in [6.07, 6.45) is 1.79. The van der Waals surface area contributed by atoms with E-state index in [1.54, 1.807) is 36.4 Å². The van der Waals surface area contributed by atoms with E-state index in [-0.39, 0.29) is 22.8 Å². The van der Waals surface area contributed by atoms with Crippen molar-refractivity contribution in [3.63, 3.8) is 0 Å². The molecule has 0 radical (unpaired) electrons. The van der Waals surface area contributed by atoms with Gasteiger partial charge in [0.1, 0.15) is 11.5 Å². The van der Waals surface area contributed by atoms with E-state index < -0.39 is 23.1 Å². The van der Waals surface area contributed by atoms with E-state index in [9.17, 15) is 19.8 Å². The average Bonchev–Trinajstić information content (AvgIpc) is 3.46. The summed E-state index contributed by atoms with van der Waals surface area (Å²) >= 11 is 0. The maximum absolute atomic E-state index is 12.2. The van der Waals surface area contributed by atoms with Gasteiger partial charge in [-0.1, -0.05) is 24.3 Å². The smallest absolute Gasteiger partial charge is 0.244 e. The second-order valence-electron chi connectivity index (χ2n) is 6.00. The molecule has 12 nitrogen and oxygen atoms in total. The Bertz CT molecular complexity index is 1190. The molecule has 0 unspecified atom stereocenters. The molecule has 0 aliphatic rings. The number of aliphatic hydroxyl groups is 2. The van der Waals surface area contributed by atoms with E-state index in [1.165, 1.54) is 0 Å². The molecule has 4 rings (SSSR count). The van der Waals surface area contributed by atoms with Crippen LogP contribution in [0.5, 0.6) is 0 Å². The van der Waals surface area contributed by atoms with Crippen LogP contribution in [0.3, 0.4) is 0 Å². The summed E-state index contributed by atoms with van der Waals surface area (Å²) in [4.78, 5) is 24.4. The Morgan fingerprint density at radius 2 is 1.20 bits per heavy atom. The van der Waals surface area contributed by atoms with Crippen LogP contribution >= 0.6 is 0 Å². The Morgan fingerprint density at radius 3 is 1.57 bits per heavy atom. The number of nitrogens with one attached hydrogen (secondary N) is 2. The minimum absolute atomic E-state index is 0.111. The van der Waals surface area contributed by atoms with Crippen LogP contribution in [-0.2, 0) is 0 Å². The zero-order valence-electron chi connectivity index (χ0n) is 15.0. The number of fused-ring (bicyclic) bond motifs is 1. The zero-order valence-corrected chi connectivity index (χ0v) is 15.0. The van der Waals surface area contributed by atoms with E-state index in [4.69, 9.17) is 0 Å². The molecule has 0 bridgehead atoms. The number of aromatic amines is 2. The Kier molecular flexibility index (Phi) is 4.78. The second kappa shape index (κ2) is 7.71. The number of aliphatic hydroxyl groups excluding tert-OH is 2. The number of tetrazole rings is 2. The first-order valence-corrected chi connectivity index (χ1v) is 8.43. The summed E-state index contributed by atoms with van der Waals surface area (Å²) in [6, 6.07) is 10.3. The van der Waals surface area contributed by atoms with Crippen molar-refractivity contribution in [3.8, 4) is 0 Å². The van der Waals surface area contributed by atoms with Crippen LogP contribution in [0, 0.1) is 0 Å². The predicted octanol–water partition coefficient (Wildman–Crippen LogP) is 1.43. The van der Waals surface area contributed by atoms with Crippen molar-refractivity contribution >= 4 is 33.9 Å². The fourth-order valence-corrected chi connectivity index (χ4v) is 2.73. The van der Waals surface area contributed by atoms with E-state index in [1.807, 2.05) is 0 Å². The molecular formula is C18H12N8O4. The van der Waals surface area contributed by atoms with Gasteiger partial charge in [0.2, 0.25) is 23.2 Å². The number of carbonyl (C=O) groups excluding carboxylic acids is 2. The summed E-state index contributed by atoms with van der Waals surface area (Å²) in [5.74, 6) is -2.81. The lowest BCUT2D eigenvalue weighted by atomic mass is 9.97. The standard InChI is InChI=1S/C18H12N8O4/c27-13(7-15(29)17-19-23-24-20-17)11-5-9-3-1-2-4-10(9)6-12(11)14(28)8-16(30)18-21-25-26-22-18/h1-8,27-28H,(H,19,20,23,24)(H,21,22,25,26)/b13-7-,14-8-. The van der Waals surface area contributed by atoms with Crippen molar-refractivity contribution < 1.29 is 19.8 Å². The first-order valence-electron chi connectivity index (χ1n) is 8.43. The quantitative estimate of drug-likeness (QED) is 0.208. The van der Waals surface area contributed by atoms with Crippen LogP contribution in [-0.4, -0.2) is 63.0 Å². The van der Waals surface area contributed by atoms with Crippen molar-refractivity contribution in [2.75, 3.05) is 0 Å². The van der Waals surface area contributed by atoms with E-state index in [0.717, 1.165) is 22.9 Å². The fourth-order valence-electron chi connectivity index (χ4n) is 2.73. The summed E-state index contributed by atoms with van der Waals surface area (Å²) in [5.41, 5.74) is 0.223. The molecule has 0 amide bonds. The highest BCUT2D eigenvalue weighted by atomic mass is 16.3. The SMILES string of the molecule is O=C(/C=C(\O)c1cc2ccccc2cc1/C(O)=C/C(=O)c1nn[nH]n1)c1nn[nH]n1. The first kappa shape index (κ1) is 18.6. The highest BCUT2D eigenvalue weighted by Crippen LogP contribution is 2.29. The number of rotatable bonds is 6. The van der Waals surface area contributed by atoms with E-state index >= 15 is 0 Å². The van der Waals surface area contributed by atoms with Gasteiger partial charge in [-0.2, -0.15) is 10.4 Å². The third kappa shape index (κ3) is 3.64. The fraction of sp³-hybridized carbons (Fsp3) is 0. The first-order chi connectivity index (χ1) is 14.5. The lowest BCUT2D eigenvalue weighted by Crippen LogP contribution is -2.03. The number of aromatic nitrogens is 8. The Labute approximate surface area is 166 Å². The molecule has 2 aromatic carbocycles. The molecule has 0 atom stereocenters. The van der Waals surface area contributed by atoms with Crippen LogP contribution in [0.1, 0.15) is 32.4 Å². The van der Waals surface area contributed by atoms with Gasteiger partial charge >= 0.3 is 0 Å². The van der Waals surface area contributed by atoms with Crippen LogP contribution in [0.4, 0.5) is 0 Å². The molecular weight excluding hydrogens is 392 g/mol. The van der Waals surface area contributed by atoms with Gasteiger partial charge in [-0.15, -0.1) is 20.4 Å². The van der Waals surface area contributed by atoms with Gasteiger partial charge in [-0.3, -0.25) is 9.59 Å². The van der Waals surface area contributed by atoms with Crippen molar-refractivity contribution in [2.24, 2.45) is 0 Å². The summed E-state index contributed by atoms with van der Waals surface area (Å²) in [6.45, 7) is 0. The molecule has 4 N–H and O–H groups in total. The van der Waals surface area contributed by atoms with Gasteiger partial charge in [0.25, 0.3) is 0 Å². The molecule has 30 heavy (non-hydrogen) atoms. The van der Waals surface area contributed by atoms with Gasteiger partial charge in [0.15, 0.2) is 0 Å². The number of benzene rings is 2. The second-order valence-corrected chi connectivity index (χ2v) is 6.00. The van der Waals surface area contributed by atoms with Crippen molar-refractivity contribution in [2.45, 2.75) is 0 Å². The lowest BCUT2D eigenvalue weighted by Gasteiger charge is -2.11. The Balaban J connectivity index is 1.81. The maximum atomic E-state index is 12.2. The zero-order chi connectivity index (χ0) is 21.1. The topological polar surface area (TPSA) is 184 Å². The molecule has 0 saturated heterocycles. The van der Waals surface area contributed by atoms with E-state index in [2.05, 4.69) is 41.2 Å². The molecule has 4 aromatic rings. The van der Waals surface area contributed by atoms with Gasteiger partial charge in [0, 0.05) is 23.3 Å². The number of nitrogens with zero attached hydrogens (tertiary/aromatic N) is 6. The monoisotopic (exact) mass is 404 g/mol. The molecule has 2 aromatic heterocycles. The molecule has 0 spiro atoms. The van der Waals surface area contributed by atoms with Gasteiger partial charge in [-0.25, -0.2) is 0 Å². The van der Waals surface area contributed by atoms with Gasteiger partial charge in [0.05, 0.1) is 0 Å². The Morgan fingerprint density at radius 1 is 0.767 bits per heavy atom. The maximum Gasteiger partial charge on any atom is 0.244 e. The van der Waals surface area contributed by atoms with Crippen LogP contribution in [0.25, 0.3) is 22.3 Å². The highest BCUT2D eigenvalue weighted by molar-refractivity contribution is 6.08. The number of hydrogen-bond donors (Lipinski definition) is 4. The van der Waals surface area contributed by atoms with E-state index in [0.29, 0.717) is 0 Å². The summed E-state index contributed by atoms with van der Waals surface area (Å²) < 4.78 is 0. The lowest BCUT2D eigenvalue weighted by molar-refractivity contribution is 0.102. The average molecular weight is 404 g/mol. The molecule has 0 fully saturated rings. The number of allylic oxidation sites excluding steroid dienone is 2.